The van der Waals surface area contributed by atoms with E-state index in [1.54, 1.807) is 6.20 Å². The second kappa shape index (κ2) is 5.87. The van der Waals surface area contributed by atoms with Gasteiger partial charge in [0, 0.05) is 25.3 Å². The summed E-state index contributed by atoms with van der Waals surface area (Å²) in [4.78, 5) is 4.32. The standard InChI is InChI=1S/C13H20N2O2/c1-10(2)17-12-4-3-6-14-13(12)15-8-11-5-7-16-9-11/h3-4,6,10-11H,5,7-9H2,1-2H3,(H,14,15). The maximum absolute atomic E-state index is 5.70. The molecule has 0 bridgehead atoms. The third-order valence-corrected chi connectivity index (χ3v) is 2.72. The number of pyridine rings is 1. The summed E-state index contributed by atoms with van der Waals surface area (Å²) in [5.41, 5.74) is 0. The summed E-state index contributed by atoms with van der Waals surface area (Å²) < 4.78 is 11.1. The highest BCUT2D eigenvalue weighted by Gasteiger charge is 2.16. The molecule has 1 unspecified atom stereocenters. The lowest BCUT2D eigenvalue weighted by atomic mass is 10.1. The molecular formula is C13H20N2O2. The molecule has 0 aromatic carbocycles. The quantitative estimate of drug-likeness (QED) is 0.852. The second-order valence-electron chi connectivity index (χ2n) is 4.63. The highest BCUT2D eigenvalue weighted by Crippen LogP contribution is 2.23. The number of hydrogen-bond donors (Lipinski definition) is 1. The van der Waals surface area contributed by atoms with E-state index in [1.807, 2.05) is 26.0 Å². The van der Waals surface area contributed by atoms with Gasteiger partial charge in [-0.15, -0.1) is 0 Å². The van der Waals surface area contributed by atoms with Crippen molar-refractivity contribution in [2.24, 2.45) is 5.92 Å². The highest BCUT2D eigenvalue weighted by atomic mass is 16.5. The molecule has 1 aromatic rings. The maximum Gasteiger partial charge on any atom is 0.168 e. The zero-order valence-corrected chi connectivity index (χ0v) is 10.5. The molecule has 0 spiro atoms. The van der Waals surface area contributed by atoms with Gasteiger partial charge in [0.05, 0.1) is 12.7 Å². The van der Waals surface area contributed by atoms with Gasteiger partial charge < -0.3 is 14.8 Å². The molecule has 1 atom stereocenters. The van der Waals surface area contributed by atoms with Gasteiger partial charge in [-0.1, -0.05) is 0 Å². The molecule has 4 nitrogen and oxygen atoms in total. The Labute approximate surface area is 102 Å². The van der Waals surface area contributed by atoms with Crippen molar-refractivity contribution in [2.45, 2.75) is 26.4 Å². The van der Waals surface area contributed by atoms with Crippen LogP contribution in [0.5, 0.6) is 5.75 Å². The van der Waals surface area contributed by atoms with E-state index in [1.165, 1.54) is 0 Å². The van der Waals surface area contributed by atoms with E-state index < -0.39 is 0 Å². The molecule has 0 saturated carbocycles. The van der Waals surface area contributed by atoms with Gasteiger partial charge >= 0.3 is 0 Å². The third-order valence-electron chi connectivity index (χ3n) is 2.72. The van der Waals surface area contributed by atoms with E-state index in [2.05, 4.69) is 10.3 Å². The minimum absolute atomic E-state index is 0.162. The highest BCUT2D eigenvalue weighted by molar-refractivity contribution is 5.49. The summed E-state index contributed by atoms with van der Waals surface area (Å²) in [7, 11) is 0. The van der Waals surface area contributed by atoms with E-state index in [0.717, 1.165) is 37.7 Å². The van der Waals surface area contributed by atoms with Crippen LogP contribution in [0.25, 0.3) is 0 Å². The average molecular weight is 236 g/mol. The van der Waals surface area contributed by atoms with Gasteiger partial charge in [-0.3, -0.25) is 0 Å². The van der Waals surface area contributed by atoms with Gasteiger partial charge in [0.2, 0.25) is 0 Å². The van der Waals surface area contributed by atoms with Crippen LogP contribution in [0.3, 0.4) is 0 Å². The lowest BCUT2D eigenvalue weighted by molar-refractivity contribution is 0.187. The molecule has 4 heteroatoms. The van der Waals surface area contributed by atoms with Crippen LogP contribution in [-0.4, -0.2) is 30.8 Å². The van der Waals surface area contributed by atoms with Gasteiger partial charge in [-0.05, 0) is 32.4 Å². The Kier molecular flexibility index (Phi) is 4.20. The van der Waals surface area contributed by atoms with E-state index in [0.29, 0.717) is 5.92 Å². The number of ether oxygens (including phenoxy) is 2. The normalized spacial score (nSPS) is 19.6. The fourth-order valence-electron chi connectivity index (χ4n) is 1.86. The largest absolute Gasteiger partial charge is 0.487 e. The topological polar surface area (TPSA) is 43.4 Å². The van der Waals surface area contributed by atoms with E-state index in [-0.39, 0.29) is 6.10 Å². The minimum atomic E-state index is 0.162. The minimum Gasteiger partial charge on any atom is -0.487 e. The molecule has 0 aliphatic carbocycles. The van der Waals surface area contributed by atoms with E-state index >= 15 is 0 Å². The first-order chi connectivity index (χ1) is 8.25. The first kappa shape index (κ1) is 12.2. The van der Waals surface area contributed by atoms with Crippen LogP contribution in [0.1, 0.15) is 20.3 Å². The Hall–Kier alpha value is -1.29. The first-order valence-corrected chi connectivity index (χ1v) is 6.19. The number of anilines is 1. The molecule has 17 heavy (non-hydrogen) atoms. The molecule has 0 amide bonds. The van der Waals surface area contributed by atoms with Gasteiger partial charge in [0.25, 0.3) is 0 Å². The lowest BCUT2D eigenvalue weighted by Crippen LogP contribution is -2.16. The van der Waals surface area contributed by atoms with Gasteiger partial charge in [-0.25, -0.2) is 4.98 Å². The van der Waals surface area contributed by atoms with Crippen molar-refractivity contribution in [3.05, 3.63) is 18.3 Å². The Morgan fingerprint density at radius 3 is 3.18 bits per heavy atom. The average Bonchev–Trinajstić information content (AvgIpc) is 2.80. The molecule has 2 heterocycles. The van der Waals surface area contributed by atoms with Crippen molar-refractivity contribution in [3.8, 4) is 5.75 Å². The smallest absolute Gasteiger partial charge is 0.168 e. The molecule has 1 fully saturated rings. The molecule has 2 rings (SSSR count). The molecule has 1 aromatic heterocycles. The maximum atomic E-state index is 5.70. The zero-order chi connectivity index (χ0) is 12.1. The number of nitrogens with one attached hydrogen (secondary N) is 1. The van der Waals surface area contributed by atoms with E-state index in [9.17, 15) is 0 Å². The molecule has 1 saturated heterocycles. The van der Waals surface area contributed by atoms with Crippen LogP contribution in [0.15, 0.2) is 18.3 Å². The van der Waals surface area contributed by atoms with Crippen LogP contribution in [0.4, 0.5) is 5.82 Å². The molecular weight excluding hydrogens is 216 g/mol. The van der Waals surface area contributed by atoms with Crippen LogP contribution in [0.2, 0.25) is 0 Å². The summed E-state index contributed by atoms with van der Waals surface area (Å²) >= 11 is 0. The Balaban J connectivity index is 1.94. The predicted octanol–water partition coefficient (Wildman–Crippen LogP) is 2.32. The number of aromatic nitrogens is 1. The fourth-order valence-corrected chi connectivity index (χ4v) is 1.86. The van der Waals surface area contributed by atoms with Crippen molar-refractivity contribution in [1.29, 1.82) is 0 Å². The molecule has 1 aliphatic heterocycles. The monoisotopic (exact) mass is 236 g/mol. The number of rotatable bonds is 5. The number of hydrogen-bond acceptors (Lipinski definition) is 4. The number of nitrogens with zero attached hydrogens (tertiary/aromatic N) is 1. The zero-order valence-electron chi connectivity index (χ0n) is 10.5. The van der Waals surface area contributed by atoms with Crippen molar-refractivity contribution in [3.63, 3.8) is 0 Å². The van der Waals surface area contributed by atoms with Crippen molar-refractivity contribution < 1.29 is 9.47 Å². The van der Waals surface area contributed by atoms with Crippen molar-refractivity contribution >= 4 is 5.82 Å². The summed E-state index contributed by atoms with van der Waals surface area (Å²) in [6.45, 7) is 6.65. The van der Waals surface area contributed by atoms with Crippen LogP contribution in [0, 0.1) is 5.92 Å². The Morgan fingerprint density at radius 2 is 2.47 bits per heavy atom. The Bertz CT molecular complexity index is 349. The summed E-state index contributed by atoms with van der Waals surface area (Å²) in [6.07, 6.45) is 3.07. The molecule has 1 N–H and O–H groups in total. The molecule has 94 valence electrons. The van der Waals surface area contributed by atoms with Crippen molar-refractivity contribution in [2.75, 3.05) is 25.1 Å². The molecule has 0 radical (unpaired) electrons. The van der Waals surface area contributed by atoms with Gasteiger partial charge in [0.1, 0.15) is 0 Å². The van der Waals surface area contributed by atoms with Crippen LogP contribution >= 0.6 is 0 Å². The van der Waals surface area contributed by atoms with Crippen molar-refractivity contribution in [1.82, 2.24) is 4.98 Å². The van der Waals surface area contributed by atoms with Gasteiger partial charge in [0.15, 0.2) is 11.6 Å². The SMILES string of the molecule is CC(C)Oc1cccnc1NCC1CCOC1. The van der Waals surface area contributed by atoms with Gasteiger partial charge in [-0.2, -0.15) is 0 Å². The molecule has 1 aliphatic rings. The summed E-state index contributed by atoms with van der Waals surface area (Å²) in [6, 6.07) is 3.84. The van der Waals surface area contributed by atoms with Crippen LogP contribution < -0.4 is 10.1 Å². The van der Waals surface area contributed by atoms with Crippen LogP contribution in [-0.2, 0) is 4.74 Å². The lowest BCUT2D eigenvalue weighted by Gasteiger charge is -2.15. The predicted molar refractivity (Wildman–Crippen MR) is 67.4 cm³/mol. The second-order valence-corrected chi connectivity index (χ2v) is 4.63. The van der Waals surface area contributed by atoms with E-state index in [4.69, 9.17) is 9.47 Å². The Morgan fingerprint density at radius 1 is 1.59 bits per heavy atom. The third kappa shape index (κ3) is 3.60. The summed E-state index contributed by atoms with van der Waals surface area (Å²) in [5, 5.41) is 3.34. The summed E-state index contributed by atoms with van der Waals surface area (Å²) in [5.74, 6) is 2.23. The fraction of sp³-hybridized carbons (Fsp3) is 0.615. The first-order valence-electron chi connectivity index (χ1n) is 6.19.